The van der Waals surface area contributed by atoms with E-state index in [0.29, 0.717) is 0 Å². The van der Waals surface area contributed by atoms with E-state index in [2.05, 4.69) is 20.4 Å². The van der Waals surface area contributed by atoms with Crippen LogP contribution in [0, 0.1) is 13.8 Å². The van der Waals surface area contributed by atoms with Crippen molar-refractivity contribution >= 4 is 11.3 Å². The molecular weight excluding hydrogens is 282 g/mol. The van der Waals surface area contributed by atoms with Crippen molar-refractivity contribution in [3.8, 4) is 10.6 Å². The van der Waals surface area contributed by atoms with Gasteiger partial charge < -0.3 is 5.73 Å². The average Bonchev–Trinajstić information content (AvgIpc) is 2.99. The molecule has 1 atom stereocenters. The van der Waals surface area contributed by atoms with Crippen molar-refractivity contribution in [1.29, 1.82) is 0 Å². The van der Waals surface area contributed by atoms with Gasteiger partial charge in [-0.15, -0.1) is 10.2 Å². The molecule has 0 spiro atoms. The maximum Gasteiger partial charge on any atom is 0.149 e. The summed E-state index contributed by atoms with van der Waals surface area (Å²) in [6, 6.07) is 11.6. The van der Waals surface area contributed by atoms with Crippen molar-refractivity contribution < 1.29 is 0 Å². The van der Waals surface area contributed by atoms with Crippen LogP contribution in [0.15, 0.2) is 36.4 Å². The maximum absolute atomic E-state index is 6.26. The van der Waals surface area contributed by atoms with Crippen molar-refractivity contribution in [2.45, 2.75) is 19.9 Å². The fourth-order valence-corrected chi connectivity index (χ4v) is 2.98. The summed E-state index contributed by atoms with van der Waals surface area (Å²) in [6.45, 7) is 3.83. The molecule has 21 heavy (non-hydrogen) atoms. The molecule has 0 fully saturated rings. The summed E-state index contributed by atoms with van der Waals surface area (Å²) in [5, 5.41) is 18.3. The molecule has 6 heteroatoms. The zero-order valence-electron chi connectivity index (χ0n) is 11.8. The molecule has 2 aromatic heterocycles. The standard InChI is InChI=1S/C15H15N5S/c1-9-8-12(10(2)18-17-9)14-19-20-15(21-14)13(16)11-6-4-3-5-7-11/h3-8,13H,16H2,1-2H3. The van der Waals surface area contributed by atoms with E-state index < -0.39 is 0 Å². The summed E-state index contributed by atoms with van der Waals surface area (Å²) in [5.74, 6) is 0. The topological polar surface area (TPSA) is 77.6 Å². The Kier molecular flexibility index (Phi) is 3.72. The summed E-state index contributed by atoms with van der Waals surface area (Å²) in [6.07, 6.45) is 0. The monoisotopic (exact) mass is 297 g/mol. The normalized spacial score (nSPS) is 12.3. The zero-order chi connectivity index (χ0) is 14.8. The van der Waals surface area contributed by atoms with Gasteiger partial charge in [-0.2, -0.15) is 10.2 Å². The third-order valence-corrected chi connectivity index (χ3v) is 4.24. The van der Waals surface area contributed by atoms with Crippen LogP contribution >= 0.6 is 11.3 Å². The molecular formula is C15H15N5S. The third kappa shape index (κ3) is 2.81. The predicted molar refractivity (Wildman–Crippen MR) is 82.9 cm³/mol. The van der Waals surface area contributed by atoms with Gasteiger partial charge in [-0.25, -0.2) is 0 Å². The fraction of sp³-hybridized carbons (Fsp3) is 0.200. The van der Waals surface area contributed by atoms with Crippen molar-refractivity contribution in [3.05, 3.63) is 58.4 Å². The maximum atomic E-state index is 6.26. The Hall–Kier alpha value is -2.18. The molecule has 0 bridgehead atoms. The number of aryl methyl sites for hydroxylation is 2. The van der Waals surface area contributed by atoms with Gasteiger partial charge in [0.1, 0.15) is 10.0 Å². The van der Waals surface area contributed by atoms with Gasteiger partial charge in [-0.3, -0.25) is 0 Å². The molecule has 3 rings (SSSR count). The Bertz CT molecular complexity index is 754. The molecule has 5 nitrogen and oxygen atoms in total. The molecule has 1 aromatic carbocycles. The Morgan fingerprint density at radius 3 is 2.52 bits per heavy atom. The van der Waals surface area contributed by atoms with Crippen LogP contribution in [-0.2, 0) is 0 Å². The molecule has 0 radical (unpaired) electrons. The first-order chi connectivity index (χ1) is 10.1. The number of rotatable bonds is 3. The lowest BCUT2D eigenvalue weighted by atomic mass is 10.1. The van der Waals surface area contributed by atoms with Crippen LogP contribution in [0.4, 0.5) is 0 Å². The van der Waals surface area contributed by atoms with E-state index in [1.807, 2.05) is 50.2 Å². The average molecular weight is 297 g/mol. The molecule has 0 aliphatic heterocycles. The van der Waals surface area contributed by atoms with Crippen LogP contribution in [-0.4, -0.2) is 20.4 Å². The minimum Gasteiger partial charge on any atom is -0.318 e. The molecule has 1 unspecified atom stereocenters. The van der Waals surface area contributed by atoms with Crippen molar-refractivity contribution in [1.82, 2.24) is 20.4 Å². The van der Waals surface area contributed by atoms with E-state index >= 15 is 0 Å². The molecule has 106 valence electrons. The first kappa shape index (κ1) is 13.8. The largest absolute Gasteiger partial charge is 0.318 e. The second-order valence-corrected chi connectivity index (χ2v) is 5.83. The fourth-order valence-electron chi connectivity index (χ4n) is 2.04. The summed E-state index contributed by atoms with van der Waals surface area (Å²) >= 11 is 1.50. The first-order valence-electron chi connectivity index (χ1n) is 6.60. The highest BCUT2D eigenvalue weighted by atomic mass is 32.1. The van der Waals surface area contributed by atoms with E-state index in [-0.39, 0.29) is 6.04 Å². The number of nitrogens with two attached hydrogens (primary N) is 1. The lowest BCUT2D eigenvalue weighted by Crippen LogP contribution is -2.11. The minimum absolute atomic E-state index is 0.256. The van der Waals surface area contributed by atoms with Gasteiger partial charge in [-0.1, -0.05) is 41.7 Å². The van der Waals surface area contributed by atoms with Crippen LogP contribution in [0.2, 0.25) is 0 Å². The van der Waals surface area contributed by atoms with Gasteiger partial charge in [-0.05, 0) is 25.5 Å². The number of hydrogen-bond donors (Lipinski definition) is 1. The SMILES string of the molecule is Cc1cc(-c2nnc(C(N)c3ccccc3)s2)c(C)nn1. The first-order valence-corrected chi connectivity index (χ1v) is 7.42. The van der Waals surface area contributed by atoms with E-state index in [4.69, 9.17) is 5.73 Å². The molecule has 2 heterocycles. The highest BCUT2D eigenvalue weighted by Gasteiger charge is 2.16. The smallest absolute Gasteiger partial charge is 0.149 e. The van der Waals surface area contributed by atoms with Crippen molar-refractivity contribution in [2.24, 2.45) is 5.73 Å². The predicted octanol–water partition coefficient (Wildman–Crippen LogP) is 2.66. The van der Waals surface area contributed by atoms with Crippen LogP contribution in [0.1, 0.15) is 28.0 Å². The van der Waals surface area contributed by atoms with Crippen molar-refractivity contribution in [3.63, 3.8) is 0 Å². The Morgan fingerprint density at radius 1 is 1.00 bits per heavy atom. The zero-order valence-corrected chi connectivity index (χ0v) is 12.6. The summed E-state index contributed by atoms with van der Waals surface area (Å²) < 4.78 is 0. The molecule has 0 aliphatic rings. The second-order valence-electron chi connectivity index (χ2n) is 4.82. The van der Waals surface area contributed by atoms with Crippen LogP contribution < -0.4 is 5.73 Å². The summed E-state index contributed by atoms with van der Waals surface area (Å²) in [7, 11) is 0. The van der Waals surface area contributed by atoms with Gasteiger partial charge >= 0.3 is 0 Å². The van der Waals surface area contributed by atoms with E-state index in [1.54, 1.807) is 0 Å². The van der Waals surface area contributed by atoms with Gasteiger partial charge in [0.25, 0.3) is 0 Å². The Labute approximate surface area is 126 Å². The lowest BCUT2D eigenvalue weighted by Gasteiger charge is -2.07. The van der Waals surface area contributed by atoms with Crippen LogP contribution in [0.5, 0.6) is 0 Å². The van der Waals surface area contributed by atoms with Crippen LogP contribution in [0.3, 0.4) is 0 Å². The molecule has 3 aromatic rings. The number of nitrogens with zero attached hydrogens (tertiary/aromatic N) is 4. The number of aromatic nitrogens is 4. The molecule has 0 amide bonds. The minimum atomic E-state index is -0.256. The van der Waals surface area contributed by atoms with Crippen LogP contribution in [0.25, 0.3) is 10.6 Å². The molecule has 2 N–H and O–H groups in total. The Morgan fingerprint density at radius 2 is 1.76 bits per heavy atom. The highest BCUT2D eigenvalue weighted by molar-refractivity contribution is 7.14. The third-order valence-electron chi connectivity index (χ3n) is 3.20. The summed E-state index contributed by atoms with van der Waals surface area (Å²) in [5.41, 5.74) is 9.95. The van der Waals surface area contributed by atoms with Gasteiger partial charge in [0, 0.05) is 5.56 Å². The van der Waals surface area contributed by atoms with Gasteiger partial charge in [0.05, 0.1) is 17.4 Å². The van der Waals surface area contributed by atoms with E-state index in [0.717, 1.165) is 32.5 Å². The van der Waals surface area contributed by atoms with Gasteiger partial charge in [0.15, 0.2) is 0 Å². The Balaban J connectivity index is 1.95. The number of hydrogen-bond acceptors (Lipinski definition) is 6. The second kappa shape index (κ2) is 5.67. The molecule has 0 saturated heterocycles. The summed E-state index contributed by atoms with van der Waals surface area (Å²) in [4.78, 5) is 0. The molecule has 0 aliphatic carbocycles. The number of benzene rings is 1. The lowest BCUT2D eigenvalue weighted by molar-refractivity contribution is 0.830. The van der Waals surface area contributed by atoms with Gasteiger partial charge in [0.2, 0.25) is 0 Å². The van der Waals surface area contributed by atoms with Crippen molar-refractivity contribution in [2.75, 3.05) is 0 Å². The van der Waals surface area contributed by atoms with E-state index in [9.17, 15) is 0 Å². The molecule has 0 saturated carbocycles. The highest BCUT2D eigenvalue weighted by Crippen LogP contribution is 2.29. The van der Waals surface area contributed by atoms with E-state index in [1.165, 1.54) is 11.3 Å². The quantitative estimate of drug-likeness (QED) is 0.804.